The fourth-order valence-corrected chi connectivity index (χ4v) is 12.5. The summed E-state index contributed by atoms with van der Waals surface area (Å²) in [5.41, 5.74) is -1.37. The number of Topliss-reactive ketones (excluding diaryl/α,β-unsaturated/α-hetero) is 1. The number of ketones is 1. The van der Waals surface area contributed by atoms with Gasteiger partial charge in [0.2, 0.25) is 6.29 Å². The molecule has 0 aromatic carbocycles. The SMILES string of the molecule is CC(=O)OC(C1CCC2C(O1)C(=O)C1C3CCC4C(C)(C)C(OC(C=O)OCC=O)CCC45C(C)C35CCC21C)C(C)(C)O. The lowest BCUT2D eigenvalue weighted by atomic mass is 9.46. The molecule has 1 saturated heterocycles. The zero-order chi connectivity index (χ0) is 32.0. The third kappa shape index (κ3) is 4.31. The van der Waals surface area contributed by atoms with E-state index in [0.717, 1.165) is 44.9 Å². The van der Waals surface area contributed by atoms with Gasteiger partial charge in [0.1, 0.15) is 19.0 Å². The summed E-state index contributed by atoms with van der Waals surface area (Å²) in [6.45, 7) is 13.7. The number of hydrogen-bond donors (Lipinski definition) is 1. The maximum atomic E-state index is 14.5. The van der Waals surface area contributed by atoms with Gasteiger partial charge in [0.25, 0.3) is 0 Å². The molecule has 13 unspecified atom stereocenters. The summed E-state index contributed by atoms with van der Waals surface area (Å²) in [5, 5.41) is 10.8. The highest BCUT2D eigenvalue weighted by atomic mass is 16.7. The Morgan fingerprint density at radius 2 is 1.75 bits per heavy atom. The Balaban J connectivity index is 1.25. The van der Waals surface area contributed by atoms with Gasteiger partial charge < -0.3 is 28.8 Å². The van der Waals surface area contributed by atoms with Crippen molar-refractivity contribution in [3.05, 3.63) is 0 Å². The quantitative estimate of drug-likeness (QED) is 0.227. The van der Waals surface area contributed by atoms with Crippen LogP contribution in [0.15, 0.2) is 0 Å². The van der Waals surface area contributed by atoms with Crippen molar-refractivity contribution in [1.29, 1.82) is 0 Å². The number of rotatable bonds is 9. The molecule has 9 heteroatoms. The van der Waals surface area contributed by atoms with Crippen molar-refractivity contribution in [2.75, 3.05) is 6.61 Å². The second kappa shape index (κ2) is 10.7. The summed E-state index contributed by atoms with van der Waals surface area (Å²) in [6, 6.07) is 0. The number of esters is 1. The molecule has 6 fully saturated rings. The van der Waals surface area contributed by atoms with Gasteiger partial charge in [0.05, 0.1) is 17.8 Å². The first-order chi connectivity index (χ1) is 20.6. The Labute approximate surface area is 261 Å². The van der Waals surface area contributed by atoms with Crippen LogP contribution in [0.5, 0.6) is 0 Å². The monoisotopic (exact) mass is 616 g/mol. The predicted octanol–water partition coefficient (Wildman–Crippen LogP) is 4.45. The van der Waals surface area contributed by atoms with E-state index in [1.165, 1.54) is 6.92 Å². The molecule has 1 aliphatic heterocycles. The summed E-state index contributed by atoms with van der Waals surface area (Å²) >= 11 is 0. The molecule has 1 N–H and O–H groups in total. The zero-order valence-electron chi connectivity index (χ0n) is 27.5. The van der Waals surface area contributed by atoms with Crippen LogP contribution in [-0.4, -0.2) is 72.3 Å². The standard InChI is InChI=1S/C35H52O9/c1-19-34-15-14-33(7)22-8-10-23(30(32(5,6)40)42-20(2)38)43-29(22)28(39)27(33)21(34)9-11-24-31(3,4)25(12-13-35(19,24)34)44-26(18-37)41-17-16-36/h16,18-19,21-27,29-30,40H,8-15,17H2,1-7H3. The van der Waals surface area contributed by atoms with Crippen LogP contribution < -0.4 is 0 Å². The lowest BCUT2D eigenvalue weighted by molar-refractivity contribution is -0.216. The van der Waals surface area contributed by atoms with E-state index < -0.39 is 36.2 Å². The number of carbonyl (C=O) groups is 4. The number of aldehydes is 2. The van der Waals surface area contributed by atoms with Gasteiger partial charge in [-0.1, -0.05) is 27.7 Å². The third-order valence-electron chi connectivity index (χ3n) is 14.1. The van der Waals surface area contributed by atoms with Crippen molar-refractivity contribution in [3.8, 4) is 0 Å². The molecular formula is C35H52O9. The normalized spacial score (nSPS) is 46.7. The molecule has 6 rings (SSSR count). The maximum Gasteiger partial charge on any atom is 0.303 e. The van der Waals surface area contributed by atoms with E-state index in [2.05, 4.69) is 27.7 Å². The van der Waals surface area contributed by atoms with Crippen molar-refractivity contribution in [3.63, 3.8) is 0 Å². The lowest BCUT2D eigenvalue weighted by Gasteiger charge is -2.59. The van der Waals surface area contributed by atoms with E-state index in [1.54, 1.807) is 13.8 Å². The third-order valence-corrected chi connectivity index (χ3v) is 14.1. The second-order valence-corrected chi connectivity index (χ2v) is 16.4. The van der Waals surface area contributed by atoms with E-state index in [1.807, 2.05) is 0 Å². The molecule has 6 aliphatic rings. The van der Waals surface area contributed by atoms with Crippen LogP contribution in [0.25, 0.3) is 0 Å². The van der Waals surface area contributed by atoms with Crippen molar-refractivity contribution in [2.24, 2.45) is 51.2 Å². The smallest absolute Gasteiger partial charge is 0.303 e. The number of hydrogen-bond acceptors (Lipinski definition) is 9. The van der Waals surface area contributed by atoms with Gasteiger partial charge in [0, 0.05) is 12.8 Å². The Kier molecular flexibility index (Phi) is 7.83. The molecule has 5 saturated carbocycles. The minimum atomic E-state index is -1.29. The van der Waals surface area contributed by atoms with Gasteiger partial charge >= 0.3 is 5.97 Å². The van der Waals surface area contributed by atoms with Crippen LogP contribution in [0.3, 0.4) is 0 Å². The molecule has 5 aliphatic carbocycles. The number of fused-ring (bicyclic) bond motifs is 4. The van der Waals surface area contributed by atoms with E-state index in [0.29, 0.717) is 36.7 Å². The van der Waals surface area contributed by atoms with Crippen LogP contribution in [0, 0.1) is 51.2 Å². The minimum absolute atomic E-state index is 0.0599. The lowest BCUT2D eigenvalue weighted by Crippen LogP contribution is -2.56. The zero-order valence-corrected chi connectivity index (χ0v) is 27.5. The van der Waals surface area contributed by atoms with Crippen molar-refractivity contribution >= 4 is 24.3 Å². The van der Waals surface area contributed by atoms with Crippen LogP contribution >= 0.6 is 0 Å². The molecule has 0 radical (unpaired) electrons. The first kappa shape index (κ1) is 32.3. The molecule has 2 spiro atoms. The largest absolute Gasteiger partial charge is 0.457 e. The molecule has 246 valence electrons. The molecule has 13 atom stereocenters. The highest BCUT2D eigenvalue weighted by Crippen LogP contribution is 2.89. The first-order valence-electron chi connectivity index (χ1n) is 16.9. The van der Waals surface area contributed by atoms with Gasteiger partial charge in [-0.2, -0.15) is 0 Å². The average molecular weight is 617 g/mol. The highest BCUT2D eigenvalue weighted by Gasteiger charge is 2.85. The fraction of sp³-hybridized carbons (Fsp3) is 0.886. The van der Waals surface area contributed by atoms with Gasteiger partial charge in [-0.25, -0.2) is 0 Å². The van der Waals surface area contributed by atoms with Crippen molar-refractivity contribution < 1.29 is 43.2 Å². The van der Waals surface area contributed by atoms with Crippen molar-refractivity contribution in [1.82, 2.24) is 0 Å². The maximum absolute atomic E-state index is 14.5. The summed E-state index contributed by atoms with van der Waals surface area (Å²) in [7, 11) is 0. The van der Waals surface area contributed by atoms with Gasteiger partial charge in [-0.3, -0.25) is 14.4 Å². The van der Waals surface area contributed by atoms with Crippen LogP contribution in [0.2, 0.25) is 0 Å². The highest BCUT2D eigenvalue weighted by molar-refractivity contribution is 5.90. The fourth-order valence-electron chi connectivity index (χ4n) is 12.5. The van der Waals surface area contributed by atoms with E-state index in [4.69, 9.17) is 18.9 Å². The predicted molar refractivity (Wildman–Crippen MR) is 159 cm³/mol. The van der Waals surface area contributed by atoms with Crippen molar-refractivity contribution in [2.45, 2.75) is 136 Å². The topological polar surface area (TPSA) is 125 Å². The molecule has 0 bridgehead atoms. The summed E-state index contributed by atoms with van der Waals surface area (Å²) in [5.74, 6) is 1.02. The molecule has 9 nitrogen and oxygen atoms in total. The molecule has 0 aromatic rings. The first-order valence-corrected chi connectivity index (χ1v) is 16.9. The molecule has 44 heavy (non-hydrogen) atoms. The number of aliphatic hydroxyl groups is 1. The van der Waals surface area contributed by atoms with E-state index >= 15 is 0 Å². The Morgan fingerprint density at radius 3 is 2.39 bits per heavy atom. The molecular weight excluding hydrogens is 564 g/mol. The molecule has 0 amide bonds. The summed E-state index contributed by atoms with van der Waals surface area (Å²) < 4.78 is 23.7. The second-order valence-electron chi connectivity index (χ2n) is 16.4. The summed E-state index contributed by atoms with van der Waals surface area (Å²) in [6.07, 6.45) is 5.57. The van der Waals surface area contributed by atoms with E-state index in [-0.39, 0.29) is 52.0 Å². The average Bonchev–Trinajstić information content (AvgIpc) is 3.40. The number of ether oxygens (including phenoxy) is 4. The van der Waals surface area contributed by atoms with E-state index in [9.17, 15) is 24.3 Å². The van der Waals surface area contributed by atoms with Gasteiger partial charge in [-0.05, 0) is 111 Å². The van der Waals surface area contributed by atoms with Gasteiger partial charge in [0.15, 0.2) is 18.2 Å². The van der Waals surface area contributed by atoms with Crippen LogP contribution in [0.1, 0.15) is 99.8 Å². The summed E-state index contributed by atoms with van der Waals surface area (Å²) in [4.78, 5) is 48.9. The van der Waals surface area contributed by atoms with Crippen LogP contribution in [-0.2, 0) is 38.1 Å². The van der Waals surface area contributed by atoms with Gasteiger partial charge in [-0.15, -0.1) is 0 Å². The Bertz CT molecular complexity index is 1190. The minimum Gasteiger partial charge on any atom is -0.457 e. The Hall–Kier alpha value is -1.68. The number of carbonyl (C=O) groups excluding carboxylic acids is 4. The van der Waals surface area contributed by atoms with Crippen LogP contribution in [0.4, 0.5) is 0 Å². The molecule has 1 heterocycles. The Morgan fingerprint density at radius 1 is 1.05 bits per heavy atom. The molecule has 0 aromatic heterocycles.